The molecule has 1 aliphatic carbocycles. The SMILES string of the molecule is N#CC1C(F)(COCC2(c3ccccc3)CCNCC2)CC(c2ccccc2)=CC1(F)C(F)(F)F. The number of benzene rings is 2. The number of piperidine rings is 1. The molecule has 1 saturated heterocycles. The van der Waals surface area contributed by atoms with E-state index in [9.17, 15) is 18.4 Å². The van der Waals surface area contributed by atoms with Crippen molar-refractivity contribution in [3.05, 3.63) is 77.9 Å². The lowest BCUT2D eigenvalue weighted by Crippen LogP contribution is -2.58. The molecule has 2 aromatic carbocycles. The van der Waals surface area contributed by atoms with Gasteiger partial charge in [0.05, 0.1) is 19.3 Å². The smallest absolute Gasteiger partial charge is 0.377 e. The van der Waals surface area contributed by atoms with Gasteiger partial charge >= 0.3 is 6.18 Å². The summed E-state index contributed by atoms with van der Waals surface area (Å²) in [6, 6.07) is 18.7. The van der Waals surface area contributed by atoms with Crippen molar-refractivity contribution >= 4 is 5.57 Å². The fraction of sp³-hybridized carbons (Fsp3) is 0.444. The van der Waals surface area contributed by atoms with Crippen LogP contribution in [-0.4, -0.2) is 43.8 Å². The molecule has 0 saturated carbocycles. The zero-order valence-corrected chi connectivity index (χ0v) is 19.1. The second-order valence-corrected chi connectivity index (χ2v) is 9.46. The molecule has 0 amide bonds. The molecule has 3 unspecified atom stereocenters. The molecule has 8 heteroatoms. The molecule has 3 atom stereocenters. The Labute approximate surface area is 201 Å². The summed E-state index contributed by atoms with van der Waals surface area (Å²) in [5, 5.41) is 12.8. The third kappa shape index (κ3) is 4.85. The number of nitrogens with zero attached hydrogens (tertiary/aromatic N) is 1. The molecule has 1 fully saturated rings. The molecule has 2 aromatic rings. The summed E-state index contributed by atoms with van der Waals surface area (Å²) in [7, 11) is 0. The summed E-state index contributed by atoms with van der Waals surface area (Å²) in [6.45, 7) is 0.655. The molecule has 1 aliphatic heterocycles. The van der Waals surface area contributed by atoms with Gasteiger partial charge in [0.2, 0.25) is 5.67 Å². The Balaban J connectivity index is 1.63. The number of ether oxygens (including phenoxy) is 1. The number of nitrogens with one attached hydrogen (secondary N) is 1. The van der Waals surface area contributed by atoms with Gasteiger partial charge in [0, 0.05) is 11.8 Å². The zero-order chi connectivity index (χ0) is 25.2. The maximum atomic E-state index is 16.3. The van der Waals surface area contributed by atoms with Gasteiger partial charge in [0.15, 0.2) is 5.67 Å². The van der Waals surface area contributed by atoms with Crippen LogP contribution in [0.3, 0.4) is 0 Å². The second-order valence-electron chi connectivity index (χ2n) is 9.46. The first-order valence-corrected chi connectivity index (χ1v) is 11.6. The molecule has 35 heavy (non-hydrogen) atoms. The summed E-state index contributed by atoms with van der Waals surface area (Å²) in [6.07, 6.45) is -4.26. The Morgan fingerprint density at radius 1 is 0.943 bits per heavy atom. The van der Waals surface area contributed by atoms with Crippen LogP contribution in [0.5, 0.6) is 0 Å². The van der Waals surface area contributed by atoms with Crippen molar-refractivity contribution < 1.29 is 26.7 Å². The van der Waals surface area contributed by atoms with Crippen LogP contribution in [0.1, 0.15) is 30.4 Å². The minimum atomic E-state index is -5.47. The maximum absolute atomic E-state index is 16.3. The average Bonchev–Trinajstić information content (AvgIpc) is 2.85. The van der Waals surface area contributed by atoms with Crippen molar-refractivity contribution in [2.75, 3.05) is 26.3 Å². The fourth-order valence-corrected chi connectivity index (χ4v) is 5.24. The van der Waals surface area contributed by atoms with Crippen LogP contribution in [0.2, 0.25) is 0 Å². The van der Waals surface area contributed by atoms with E-state index in [1.54, 1.807) is 18.2 Å². The van der Waals surface area contributed by atoms with E-state index in [-0.39, 0.29) is 17.7 Å². The lowest BCUT2D eigenvalue weighted by atomic mass is 9.68. The third-order valence-corrected chi connectivity index (χ3v) is 7.18. The van der Waals surface area contributed by atoms with E-state index in [1.165, 1.54) is 18.2 Å². The van der Waals surface area contributed by atoms with Crippen LogP contribution in [0, 0.1) is 17.2 Å². The van der Waals surface area contributed by atoms with Crippen LogP contribution >= 0.6 is 0 Å². The Bertz CT molecular complexity index is 1080. The number of nitriles is 1. The van der Waals surface area contributed by atoms with Crippen LogP contribution < -0.4 is 5.32 Å². The van der Waals surface area contributed by atoms with Gasteiger partial charge in [-0.15, -0.1) is 0 Å². The number of alkyl halides is 5. The number of allylic oxidation sites excluding steroid dienone is 2. The van der Waals surface area contributed by atoms with E-state index >= 15 is 8.78 Å². The molecular weight excluding hydrogens is 463 g/mol. The number of hydrogen-bond donors (Lipinski definition) is 1. The Morgan fingerprint density at radius 3 is 2.11 bits per heavy atom. The summed E-state index contributed by atoms with van der Waals surface area (Å²) >= 11 is 0. The quantitative estimate of drug-likeness (QED) is 0.511. The molecule has 0 bridgehead atoms. The molecule has 1 N–H and O–H groups in total. The van der Waals surface area contributed by atoms with E-state index in [0.717, 1.165) is 5.56 Å². The molecule has 0 spiro atoms. The predicted octanol–water partition coefficient (Wildman–Crippen LogP) is 5.93. The van der Waals surface area contributed by atoms with Gasteiger partial charge in [-0.2, -0.15) is 18.4 Å². The molecule has 186 valence electrons. The van der Waals surface area contributed by atoms with Crippen LogP contribution in [0.4, 0.5) is 22.0 Å². The lowest BCUT2D eigenvalue weighted by Gasteiger charge is -2.43. The van der Waals surface area contributed by atoms with Gasteiger partial charge in [-0.1, -0.05) is 60.7 Å². The van der Waals surface area contributed by atoms with E-state index in [1.807, 2.05) is 30.3 Å². The Morgan fingerprint density at radius 2 is 1.54 bits per heavy atom. The first-order valence-electron chi connectivity index (χ1n) is 11.6. The largest absolute Gasteiger partial charge is 0.427 e. The van der Waals surface area contributed by atoms with Crippen molar-refractivity contribution in [2.24, 2.45) is 5.92 Å². The Kier molecular flexibility index (Phi) is 7.03. The van der Waals surface area contributed by atoms with Gasteiger partial charge < -0.3 is 10.1 Å². The summed E-state index contributed by atoms with van der Waals surface area (Å²) in [5.74, 6) is -2.59. The monoisotopic (exact) mass is 490 g/mol. The molecule has 0 radical (unpaired) electrons. The highest BCUT2D eigenvalue weighted by Crippen LogP contribution is 2.53. The molecule has 4 rings (SSSR count). The summed E-state index contributed by atoms with van der Waals surface area (Å²) in [4.78, 5) is 0. The maximum Gasteiger partial charge on any atom is 0.427 e. The highest BCUT2D eigenvalue weighted by molar-refractivity contribution is 5.69. The standard InChI is InChI=1S/C27H27F5N2O/c28-25(19-35-18-24(11-13-34-14-12-24)22-9-5-2-6-10-22)15-21(20-7-3-1-4-8-20)16-26(29,23(25)17-33)27(30,31)32/h1-10,16,23,34H,11-15,18-19H2. The second kappa shape index (κ2) is 9.71. The van der Waals surface area contributed by atoms with Crippen molar-refractivity contribution in [1.29, 1.82) is 5.26 Å². The molecule has 1 heterocycles. The van der Waals surface area contributed by atoms with Crippen molar-refractivity contribution in [1.82, 2.24) is 5.32 Å². The van der Waals surface area contributed by atoms with E-state index < -0.39 is 41.9 Å². The fourth-order valence-electron chi connectivity index (χ4n) is 5.24. The van der Waals surface area contributed by atoms with Gasteiger partial charge in [-0.3, -0.25) is 0 Å². The molecule has 3 nitrogen and oxygen atoms in total. The van der Waals surface area contributed by atoms with E-state index in [4.69, 9.17) is 4.74 Å². The van der Waals surface area contributed by atoms with E-state index in [2.05, 4.69) is 5.32 Å². The van der Waals surface area contributed by atoms with Gasteiger partial charge in [0.25, 0.3) is 0 Å². The van der Waals surface area contributed by atoms with Gasteiger partial charge in [-0.25, -0.2) is 8.78 Å². The topological polar surface area (TPSA) is 45.0 Å². The minimum Gasteiger partial charge on any atom is -0.377 e. The number of rotatable bonds is 6. The highest BCUT2D eigenvalue weighted by Gasteiger charge is 2.68. The summed E-state index contributed by atoms with van der Waals surface area (Å²) < 4.78 is 79.4. The number of halogens is 5. The zero-order valence-electron chi connectivity index (χ0n) is 19.1. The number of hydrogen-bond acceptors (Lipinski definition) is 3. The van der Waals surface area contributed by atoms with Crippen LogP contribution in [-0.2, 0) is 10.2 Å². The van der Waals surface area contributed by atoms with Gasteiger partial charge in [-0.05, 0) is 48.7 Å². The minimum absolute atomic E-state index is 0.0538. The summed E-state index contributed by atoms with van der Waals surface area (Å²) in [5.41, 5.74) is -6.33. The van der Waals surface area contributed by atoms with Crippen molar-refractivity contribution in [3.8, 4) is 6.07 Å². The molecule has 2 aliphatic rings. The first-order chi connectivity index (χ1) is 16.6. The lowest BCUT2D eigenvalue weighted by molar-refractivity contribution is -0.240. The van der Waals surface area contributed by atoms with Gasteiger partial charge in [0.1, 0.15) is 5.92 Å². The predicted molar refractivity (Wildman–Crippen MR) is 123 cm³/mol. The molecule has 0 aromatic heterocycles. The van der Waals surface area contributed by atoms with Crippen LogP contribution in [0.25, 0.3) is 5.57 Å². The van der Waals surface area contributed by atoms with Crippen molar-refractivity contribution in [2.45, 2.75) is 42.2 Å². The first kappa shape index (κ1) is 25.3. The normalized spacial score (nSPS) is 28.7. The molecular formula is C27H27F5N2O. The average molecular weight is 491 g/mol. The Hall–Kier alpha value is -2.76. The van der Waals surface area contributed by atoms with E-state index in [0.29, 0.717) is 32.0 Å². The van der Waals surface area contributed by atoms with Crippen molar-refractivity contribution in [3.63, 3.8) is 0 Å². The third-order valence-electron chi connectivity index (χ3n) is 7.18. The van der Waals surface area contributed by atoms with Crippen LogP contribution in [0.15, 0.2) is 66.7 Å². The highest BCUT2D eigenvalue weighted by atomic mass is 19.4.